The van der Waals surface area contributed by atoms with Crippen molar-refractivity contribution >= 4 is 8.32 Å². The van der Waals surface area contributed by atoms with E-state index in [1.165, 1.54) is 5.57 Å². The molecule has 0 saturated carbocycles. The summed E-state index contributed by atoms with van der Waals surface area (Å²) in [6.07, 6.45) is 8.59. The first-order valence-electron chi connectivity index (χ1n) is 10.7. The molecule has 1 heterocycles. The van der Waals surface area contributed by atoms with Crippen LogP contribution in [0.3, 0.4) is 0 Å². The molecule has 1 aliphatic carbocycles. The molecule has 2 rings (SSSR count). The van der Waals surface area contributed by atoms with Gasteiger partial charge in [-0.15, -0.1) is 0 Å². The maximum atomic E-state index is 10.0. The predicted octanol–water partition coefficient (Wildman–Crippen LogP) is 5.30. The highest BCUT2D eigenvalue weighted by atomic mass is 28.4. The fourth-order valence-corrected chi connectivity index (χ4v) is 4.96. The third kappa shape index (κ3) is 5.17. The SMILES string of the molecule is C/C(=C\CO[Si](C)(C)C(C)(C)C)CC[C@@H]1[C@@H](C2(C)OCCO2)C=C[C@@]1(C)CO. The van der Waals surface area contributed by atoms with Crippen molar-refractivity contribution in [2.75, 3.05) is 26.4 Å². The Hall–Kier alpha value is -0.463. The van der Waals surface area contributed by atoms with Gasteiger partial charge in [-0.3, -0.25) is 0 Å². The summed E-state index contributed by atoms with van der Waals surface area (Å²) >= 11 is 0. The van der Waals surface area contributed by atoms with E-state index in [0.29, 0.717) is 25.7 Å². The average molecular weight is 411 g/mol. The van der Waals surface area contributed by atoms with Crippen molar-refractivity contribution in [2.24, 2.45) is 17.3 Å². The third-order valence-corrected chi connectivity index (χ3v) is 11.8. The molecule has 0 amide bonds. The van der Waals surface area contributed by atoms with Crippen molar-refractivity contribution in [2.45, 2.75) is 78.3 Å². The Morgan fingerprint density at radius 3 is 2.39 bits per heavy atom. The molecule has 5 heteroatoms. The highest BCUT2D eigenvalue weighted by Crippen LogP contribution is 2.50. The van der Waals surface area contributed by atoms with Crippen LogP contribution in [0.15, 0.2) is 23.8 Å². The Labute approximate surface area is 173 Å². The number of ether oxygens (including phenoxy) is 2. The summed E-state index contributed by atoms with van der Waals surface area (Å²) < 4.78 is 18.2. The molecule has 0 spiro atoms. The molecule has 0 bridgehead atoms. The summed E-state index contributed by atoms with van der Waals surface area (Å²) in [5.41, 5.74) is 1.13. The summed E-state index contributed by atoms with van der Waals surface area (Å²) in [6.45, 7) is 19.9. The minimum absolute atomic E-state index is 0.151. The Morgan fingerprint density at radius 2 is 1.86 bits per heavy atom. The minimum Gasteiger partial charge on any atom is -0.413 e. The Kier molecular flexibility index (Phi) is 7.42. The standard InChI is InChI=1S/C23H42O4Si/c1-18(12-14-27-28(7,8)21(2,3)4)9-10-19-20(11-13-22(19,5)17-24)23(6)25-15-16-26-23/h11-13,19-20,24H,9-10,14-17H2,1-8H3/b18-12+/t19-,20+,22+/m1/s1. The zero-order valence-corrected chi connectivity index (χ0v) is 20.3. The van der Waals surface area contributed by atoms with Crippen LogP contribution in [0.2, 0.25) is 18.1 Å². The van der Waals surface area contributed by atoms with E-state index in [4.69, 9.17) is 13.9 Å². The molecule has 1 fully saturated rings. The van der Waals surface area contributed by atoms with Gasteiger partial charge in [0.25, 0.3) is 0 Å². The maximum absolute atomic E-state index is 10.0. The second kappa shape index (κ2) is 8.72. The molecule has 1 saturated heterocycles. The highest BCUT2D eigenvalue weighted by molar-refractivity contribution is 6.74. The lowest BCUT2D eigenvalue weighted by molar-refractivity contribution is -0.186. The summed E-state index contributed by atoms with van der Waals surface area (Å²) in [7, 11) is -1.71. The predicted molar refractivity (Wildman–Crippen MR) is 118 cm³/mol. The van der Waals surface area contributed by atoms with Gasteiger partial charge in [-0.05, 0) is 50.7 Å². The van der Waals surface area contributed by atoms with Gasteiger partial charge in [0.15, 0.2) is 14.1 Å². The van der Waals surface area contributed by atoms with Crippen molar-refractivity contribution in [3.63, 3.8) is 0 Å². The van der Waals surface area contributed by atoms with Crippen molar-refractivity contribution in [3.8, 4) is 0 Å². The molecular formula is C23H42O4Si. The van der Waals surface area contributed by atoms with Crippen LogP contribution in [0.1, 0.15) is 54.4 Å². The fraction of sp³-hybridized carbons (Fsp3) is 0.826. The summed E-state index contributed by atoms with van der Waals surface area (Å²) in [6, 6.07) is 0. The van der Waals surface area contributed by atoms with Crippen LogP contribution < -0.4 is 0 Å². The molecule has 0 aromatic heterocycles. The smallest absolute Gasteiger partial charge is 0.192 e. The summed E-state index contributed by atoms with van der Waals surface area (Å²) in [5, 5.41) is 10.3. The van der Waals surface area contributed by atoms with E-state index < -0.39 is 14.1 Å². The lowest BCUT2D eigenvalue weighted by atomic mass is 9.71. The molecule has 28 heavy (non-hydrogen) atoms. The number of hydrogen-bond donors (Lipinski definition) is 1. The minimum atomic E-state index is -1.71. The van der Waals surface area contributed by atoms with Crippen molar-refractivity contribution < 1.29 is 19.0 Å². The van der Waals surface area contributed by atoms with E-state index in [9.17, 15) is 5.11 Å². The first-order valence-corrected chi connectivity index (χ1v) is 13.6. The number of aliphatic hydroxyl groups excluding tert-OH is 1. The molecule has 0 unspecified atom stereocenters. The van der Waals surface area contributed by atoms with Gasteiger partial charge < -0.3 is 19.0 Å². The third-order valence-electron chi connectivity index (χ3n) is 7.30. The quantitative estimate of drug-likeness (QED) is 0.436. The van der Waals surface area contributed by atoms with Gasteiger partial charge in [0.1, 0.15) is 0 Å². The molecule has 3 atom stereocenters. The summed E-state index contributed by atoms with van der Waals surface area (Å²) in [5.74, 6) is -0.106. The number of aliphatic hydroxyl groups is 1. The van der Waals surface area contributed by atoms with E-state index in [1.807, 2.05) is 6.92 Å². The summed E-state index contributed by atoms with van der Waals surface area (Å²) in [4.78, 5) is 0. The van der Waals surface area contributed by atoms with Gasteiger partial charge in [-0.1, -0.05) is 51.5 Å². The molecule has 162 valence electrons. The lowest BCUT2D eigenvalue weighted by Gasteiger charge is -2.39. The van der Waals surface area contributed by atoms with Crippen LogP contribution in [-0.4, -0.2) is 45.6 Å². The van der Waals surface area contributed by atoms with Gasteiger partial charge in [0.05, 0.1) is 26.4 Å². The van der Waals surface area contributed by atoms with Gasteiger partial charge in [-0.2, -0.15) is 0 Å². The van der Waals surface area contributed by atoms with Crippen molar-refractivity contribution in [1.29, 1.82) is 0 Å². The van der Waals surface area contributed by atoms with E-state index in [1.54, 1.807) is 0 Å². The van der Waals surface area contributed by atoms with Crippen LogP contribution in [0.25, 0.3) is 0 Å². The zero-order chi connectivity index (χ0) is 21.2. The Bertz CT molecular complexity index is 584. The second-order valence-electron chi connectivity index (χ2n) is 10.5. The van der Waals surface area contributed by atoms with Crippen LogP contribution in [0, 0.1) is 17.3 Å². The largest absolute Gasteiger partial charge is 0.413 e. The van der Waals surface area contributed by atoms with Crippen LogP contribution in [0.4, 0.5) is 0 Å². The Morgan fingerprint density at radius 1 is 1.25 bits per heavy atom. The van der Waals surface area contributed by atoms with Gasteiger partial charge >= 0.3 is 0 Å². The number of hydrogen-bond acceptors (Lipinski definition) is 4. The van der Waals surface area contributed by atoms with Gasteiger partial charge in [0, 0.05) is 11.3 Å². The Balaban J connectivity index is 1.98. The molecular weight excluding hydrogens is 368 g/mol. The van der Waals surface area contributed by atoms with Crippen LogP contribution in [0.5, 0.6) is 0 Å². The van der Waals surface area contributed by atoms with E-state index in [-0.39, 0.29) is 23.0 Å². The fourth-order valence-electron chi connectivity index (χ4n) is 4.03. The molecule has 1 aliphatic heterocycles. The molecule has 1 N–H and O–H groups in total. The van der Waals surface area contributed by atoms with Crippen LogP contribution in [-0.2, 0) is 13.9 Å². The molecule has 4 nitrogen and oxygen atoms in total. The average Bonchev–Trinajstić information content (AvgIpc) is 3.17. The topological polar surface area (TPSA) is 47.9 Å². The lowest BCUT2D eigenvalue weighted by Crippen LogP contribution is -2.42. The highest BCUT2D eigenvalue weighted by Gasteiger charge is 2.51. The molecule has 0 radical (unpaired) electrons. The first-order chi connectivity index (χ1) is 12.8. The molecule has 0 aromatic carbocycles. The number of rotatable bonds is 8. The normalized spacial score (nSPS) is 31.0. The molecule has 2 aliphatic rings. The number of allylic oxidation sites excluding steroid dienone is 1. The van der Waals surface area contributed by atoms with Gasteiger partial charge in [-0.25, -0.2) is 0 Å². The monoisotopic (exact) mass is 410 g/mol. The maximum Gasteiger partial charge on any atom is 0.192 e. The molecule has 0 aromatic rings. The van der Waals surface area contributed by atoms with Crippen LogP contribution >= 0.6 is 0 Å². The second-order valence-corrected chi connectivity index (χ2v) is 15.3. The zero-order valence-electron chi connectivity index (χ0n) is 19.3. The van der Waals surface area contributed by atoms with E-state index in [0.717, 1.165) is 12.8 Å². The van der Waals surface area contributed by atoms with Crippen molar-refractivity contribution in [3.05, 3.63) is 23.8 Å². The van der Waals surface area contributed by atoms with E-state index in [2.05, 4.69) is 65.9 Å². The van der Waals surface area contributed by atoms with Crippen molar-refractivity contribution in [1.82, 2.24) is 0 Å². The first kappa shape index (κ1) is 23.8. The van der Waals surface area contributed by atoms with E-state index >= 15 is 0 Å². The van der Waals surface area contributed by atoms with Gasteiger partial charge in [0.2, 0.25) is 0 Å².